The molecule has 0 aliphatic carbocycles. The predicted molar refractivity (Wildman–Crippen MR) is 99.9 cm³/mol. The molecule has 0 unspecified atom stereocenters. The fourth-order valence-electron chi connectivity index (χ4n) is 2.78. The highest BCUT2D eigenvalue weighted by molar-refractivity contribution is 14.1. The summed E-state index contributed by atoms with van der Waals surface area (Å²) in [6.45, 7) is 2.73. The van der Waals surface area contributed by atoms with E-state index in [9.17, 15) is 9.59 Å². The minimum atomic E-state index is -0.126. The van der Waals surface area contributed by atoms with Gasteiger partial charge in [-0.2, -0.15) is 0 Å². The maximum atomic E-state index is 12.4. The molecule has 0 bridgehead atoms. The molecule has 1 fully saturated rings. The molecule has 0 saturated carbocycles. The summed E-state index contributed by atoms with van der Waals surface area (Å²) in [4.78, 5) is 26.0. The van der Waals surface area contributed by atoms with E-state index < -0.39 is 0 Å². The van der Waals surface area contributed by atoms with Gasteiger partial charge in [-0.1, -0.05) is 12.1 Å². The maximum absolute atomic E-state index is 12.4. The highest BCUT2D eigenvalue weighted by Crippen LogP contribution is 2.27. The van der Waals surface area contributed by atoms with Gasteiger partial charge in [0.15, 0.2) is 0 Å². The summed E-state index contributed by atoms with van der Waals surface area (Å²) in [6, 6.07) is 13.1. The lowest BCUT2D eigenvalue weighted by Gasteiger charge is -2.19. The van der Waals surface area contributed by atoms with Gasteiger partial charge in [0.1, 0.15) is 0 Å². The van der Waals surface area contributed by atoms with Crippen LogP contribution in [0.1, 0.15) is 28.8 Å². The Kier molecular flexibility index (Phi) is 4.66. The van der Waals surface area contributed by atoms with E-state index in [2.05, 4.69) is 27.9 Å². The number of hydrogen-bond acceptors (Lipinski definition) is 2. The molecule has 0 atom stereocenters. The fraction of sp³-hybridized carbons (Fsp3) is 0.222. The molecular weight excluding hydrogens is 403 g/mol. The predicted octanol–water partition coefficient (Wildman–Crippen LogP) is 3.98. The lowest BCUT2D eigenvalue weighted by atomic mass is 10.1. The Balaban J connectivity index is 1.79. The summed E-state index contributed by atoms with van der Waals surface area (Å²) >= 11 is 2.15. The van der Waals surface area contributed by atoms with Crippen LogP contribution in [-0.4, -0.2) is 18.4 Å². The van der Waals surface area contributed by atoms with Crippen LogP contribution in [0.15, 0.2) is 42.5 Å². The molecule has 3 rings (SSSR count). The molecule has 5 heteroatoms. The Hall–Kier alpha value is -1.89. The molecule has 1 aliphatic rings. The van der Waals surface area contributed by atoms with Gasteiger partial charge < -0.3 is 10.2 Å². The van der Waals surface area contributed by atoms with Crippen LogP contribution in [0.2, 0.25) is 0 Å². The third kappa shape index (κ3) is 3.39. The second-order valence-corrected chi connectivity index (χ2v) is 6.75. The summed E-state index contributed by atoms with van der Waals surface area (Å²) in [5.41, 5.74) is 3.31. The average Bonchev–Trinajstić information content (AvgIpc) is 2.94. The van der Waals surface area contributed by atoms with Gasteiger partial charge in [-0.15, -0.1) is 0 Å². The van der Waals surface area contributed by atoms with E-state index in [1.807, 2.05) is 48.2 Å². The van der Waals surface area contributed by atoms with E-state index in [-0.39, 0.29) is 11.8 Å². The first-order valence-corrected chi connectivity index (χ1v) is 8.61. The van der Waals surface area contributed by atoms with Crippen molar-refractivity contribution in [2.24, 2.45) is 0 Å². The number of anilines is 2. The molecule has 2 amide bonds. The molecule has 0 aromatic heterocycles. The normalized spacial score (nSPS) is 14.2. The number of halogens is 1. The minimum absolute atomic E-state index is 0.126. The zero-order valence-corrected chi connectivity index (χ0v) is 15.0. The molecule has 1 aliphatic heterocycles. The monoisotopic (exact) mass is 420 g/mol. The summed E-state index contributed by atoms with van der Waals surface area (Å²) in [5, 5.41) is 2.92. The zero-order valence-electron chi connectivity index (χ0n) is 12.8. The third-order valence-electron chi connectivity index (χ3n) is 3.94. The second kappa shape index (κ2) is 6.70. The summed E-state index contributed by atoms with van der Waals surface area (Å²) in [5.74, 6) is 0.0446. The van der Waals surface area contributed by atoms with Crippen molar-refractivity contribution in [3.63, 3.8) is 0 Å². The van der Waals surface area contributed by atoms with Gasteiger partial charge in [0.2, 0.25) is 5.91 Å². The Morgan fingerprint density at radius 3 is 2.65 bits per heavy atom. The van der Waals surface area contributed by atoms with Crippen LogP contribution in [0, 0.1) is 10.5 Å². The van der Waals surface area contributed by atoms with E-state index in [0.29, 0.717) is 12.0 Å². The number of nitrogens with one attached hydrogen (secondary N) is 1. The van der Waals surface area contributed by atoms with Crippen LogP contribution >= 0.6 is 22.6 Å². The van der Waals surface area contributed by atoms with Crippen molar-refractivity contribution >= 4 is 45.8 Å². The third-order valence-corrected chi connectivity index (χ3v) is 4.88. The van der Waals surface area contributed by atoms with Gasteiger partial charge in [0.05, 0.1) is 5.56 Å². The Bertz CT molecular complexity index is 773. The first-order valence-electron chi connectivity index (χ1n) is 7.53. The zero-order chi connectivity index (χ0) is 16.4. The average molecular weight is 420 g/mol. The van der Waals surface area contributed by atoms with Crippen molar-refractivity contribution in [3.05, 3.63) is 57.2 Å². The smallest absolute Gasteiger partial charge is 0.256 e. The molecule has 1 N–H and O–H groups in total. The van der Waals surface area contributed by atoms with E-state index in [1.54, 1.807) is 6.07 Å². The van der Waals surface area contributed by atoms with Crippen molar-refractivity contribution in [2.75, 3.05) is 16.8 Å². The molecule has 118 valence electrons. The number of carbonyl (C=O) groups excluding carboxylic acids is 2. The molecule has 23 heavy (non-hydrogen) atoms. The van der Waals surface area contributed by atoms with Crippen molar-refractivity contribution in [3.8, 4) is 0 Å². The number of carbonyl (C=O) groups is 2. The number of amides is 2. The van der Waals surface area contributed by atoms with Crippen molar-refractivity contribution in [1.82, 2.24) is 0 Å². The van der Waals surface area contributed by atoms with Crippen LogP contribution < -0.4 is 10.2 Å². The molecule has 4 nitrogen and oxygen atoms in total. The van der Waals surface area contributed by atoms with E-state index in [0.717, 1.165) is 33.5 Å². The topological polar surface area (TPSA) is 49.4 Å². The van der Waals surface area contributed by atoms with Crippen LogP contribution in [0.25, 0.3) is 0 Å². The Labute approximate surface area is 149 Å². The minimum Gasteiger partial charge on any atom is -0.322 e. The van der Waals surface area contributed by atoms with Crippen molar-refractivity contribution < 1.29 is 9.59 Å². The Morgan fingerprint density at radius 2 is 2.00 bits per heavy atom. The van der Waals surface area contributed by atoms with Gasteiger partial charge >= 0.3 is 0 Å². The number of hydrogen-bond donors (Lipinski definition) is 1. The van der Waals surface area contributed by atoms with Gasteiger partial charge in [0, 0.05) is 27.9 Å². The number of aryl methyl sites for hydroxylation is 1. The second-order valence-electron chi connectivity index (χ2n) is 5.58. The molecule has 2 aromatic rings. The van der Waals surface area contributed by atoms with Gasteiger partial charge in [-0.3, -0.25) is 9.59 Å². The molecular formula is C18H17IN2O2. The molecule has 1 saturated heterocycles. The number of nitrogens with zero attached hydrogens (tertiary/aromatic N) is 1. The first-order chi connectivity index (χ1) is 11.1. The molecule has 1 heterocycles. The SMILES string of the molecule is Cc1cc(NC(=O)c2ccccc2I)ccc1N1CCCC1=O. The highest BCUT2D eigenvalue weighted by atomic mass is 127. The summed E-state index contributed by atoms with van der Waals surface area (Å²) < 4.78 is 0.915. The largest absolute Gasteiger partial charge is 0.322 e. The molecule has 0 radical (unpaired) electrons. The maximum Gasteiger partial charge on any atom is 0.256 e. The van der Waals surface area contributed by atoms with Crippen LogP contribution in [-0.2, 0) is 4.79 Å². The highest BCUT2D eigenvalue weighted by Gasteiger charge is 2.23. The van der Waals surface area contributed by atoms with Crippen LogP contribution in [0.3, 0.4) is 0 Å². The van der Waals surface area contributed by atoms with E-state index in [4.69, 9.17) is 0 Å². The summed E-state index contributed by atoms with van der Waals surface area (Å²) in [6.07, 6.45) is 1.52. The fourth-order valence-corrected chi connectivity index (χ4v) is 3.42. The van der Waals surface area contributed by atoms with Crippen molar-refractivity contribution in [1.29, 1.82) is 0 Å². The molecule has 0 spiro atoms. The van der Waals surface area contributed by atoms with Crippen LogP contribution in [0.4, 0.5) is 11.4 Å². The standard InChI is InChI=1S/C18H17IN2O2/c1-12-11-13(8-9-16(12)21-10-4-7-17(21)22)20-18(23)14-5-2-3-6-15(14)19/h2-3,5-6,8-9,11H,4,7,10H2,1H3,(H,20,23). The quantitative estimate of drug-likeness (QED) is 0.764. The summed E-state index contributed by atoms with van der Waals surface area (Å²) in [7, 11) is 0. The molecule has 2 aromatic carbocycles. The van der Waals surface area contributed by atoms with E-state index in [1.165, 1.54) is 0 Å². The van der Waals surface area contributed by atoms with Gasteiger partial charge in [-0.25, -0.2) is 0 Å². The van der Waals surface area contributed by atoms with Crippen molar-refractivity contribution in [2.45, 2.75) is 19.8 Å². The van der Waals surface area contributed by atoms with E-state index >= 15 is 0 Å². The lowest BCUT2D eigenvalue weighted by Crippen LogP contribution is -2.24. The lowest BCUT2D eigenvalue weighted by molar-refractivity contribution is -0.117. The first kappa shape index (κ1) is 16.0. The number of benzene rings is 2. The van der Waals surface area contributed by atoms with Gasteiger partial charge in [-0.05, 0) is 71.8 Å². The number of rotatable bonds is 3. The Morgan fingerprint density at radius 1 is 1.22 bits per heavy atom. The van der Waals surface area contributed by atoms with Crippen LogP contribution in [0.5, 0.6) is 0 Å². The van der Waals surface area contributed by atoms with Gasteiger partial charge in [0.25, 0.3) is 5.91 Å².